The van der Waals surface area contributed by atoms with Gasteiger partial charge >= 0.3 is 0 Å². The van der Waals surface area contributed by atoms with E-state index < -0.39 is 0 Å². The zero-order valence-electron chi connectivity index (χ0n) is 11.0. The molecule has 5 nitrogen and oxygen atoms in total. The van der Waals surface area contributed by atoms with Crippen molar-refractivity contribution in [1.82, 2.24) is 15.2 Å². The predicted molar refractivity (Wildman–Crippen MR) is 80.8 cm³/mol. The van der Waals surface area contributed by atoms with Crippen molar-refractivity contribution in [2.24, 2.45) is 0 Å². The Bertz CT molecular complexity index is 525. The molecule has 0 saturated heterocycles. The third kappa shape index (κ3) is 3.64. The number of benzene rings is 1. The van der Waals surface area contributed by atoms with Crippen molar-refractivity contribution in [1.29, 1.82) is 0 Å². The molecule has 0 aliphatic heterocycles. The Morgan fingerprint density at radius 1 is 1.16 bits per heavy atom. The average Bonchev–Trinajstić information content (AvgIpc) is 2.43. The molecule has 0 saturated carbocycles. The van der Waals surface area contributed by atoms with Crippen molar-refractivity contribution in [3.63, 3.8) is 0 Å². The second kappa shape index (κ2) is 6.47. The monoisotopic (exact) mass is 321 g/mol. The Hall–Kier alpha value is -1.69. The molecule has 2 aromatic rings. The van der Waals surface area contributed by atoms with Crippen LogP contribution in [0.3, 0.4) is 0 Å². The number of nitrogens with zero attached hydrogens (tertiary/aromatic N) is 4. The minimum Gasteiger partial charge on any atom is -0.356 e. The number of nitrogens with one attached hydrogen (secondary N) is 1. The van der Waals surface area contributed by atoms with E-state index in [4.69, 9.17) is 0 Å². The van der Waals surface area contributed by atoms with Crippen LogP contribution in [-0.2, 0) is 0 Å². The van der Waals surface area contributed by atoms with E-state index in [0.29, 0.717) is 5.95 Å². The predicted octanol–water partition coefficient (Wildman–Crippen LogP) is 3.22. The van der Waals surface area contributed by atoms with Crippen LogP contribution in [0.1, 0.15) is 13.8 Å². The van der Waals surface area contributed by atoms with Crippen LogP contribution in [0, 0.1) is 0 Å². The van der Waals surface area contributed by atoms with Gasteiger partial charge in [-0.05, 0) is 38.1 Å². The fourth-order valence-electron chi connectivity index (χ4n) is 1.71. The van der Waals surface area contributed by atoms with Crippen molar-refractivity contribution < 1.29 is 0 Å². The van der Waals surface area contributed by atoms with Crippen molar-refractivity contribution in [2.45, 2.75) is 13.8 Å². The van der Waals surface area contributed by atoms with E-state index in [1.54, 1.807) is 6.20 Å². The summed E-state index contributed by atoms with van der Waals surface area (Å²) in [6, 6.07) is 7.84. The maximum atomic E-state index is 4.46. The Kier molecular flexibility index (Phi) is 4.68. The lowest BCUT2D eigenvalue weighted by Gasteiger charge is -2.19. The minimum absolute atomic E-state index is 0.506. The van der Waals surface area contributed by atoms with Gasteiger partial charge in [0.25, 0.3) is 0 Å². The van der Waals surface area contributed by atoms with Gasteiger partial charge in [-0.2, -0.15) is 10.1 Å². The van der Waals surface area contributed by atoms with E-state index in [1.165, 1.54) is 0 Å². The molecule has 0 unspecified atom stereocenters. The summed E-state index contributed by atoms with van der Waals surface area (Å²) in [6.45, 7) is 5.97. The van der Waals surface area contributed by atoms with E-state index in [9.17, 15) is 0 Å². The molecule has 0 radical (unpaired) electrons. The maximum absolute atomic E-state index is 4.46. The first kappa shape index (κ1) is 13.7. The van der Waals surface area contributed by atoms with Crippen LogP contribution < -0.4 is 10.2 Å². The van der Waals surface area contributed by atoms with Gasteiger partial charge in [-0.3, -0.25) is 0 Å². The van der Waals surface area contributed by atoms with Gasteiger partial charge in [-0.25, -0.2) is 0 Å². The quantitative estimate of drug-likeness (QED) is 0.916. The molecule has 1 N–H and O–H groups in total. The molecular weight excluding hydrogens is 306 g/mol. The first-order valence-electron chi connectivity index (χ1n) is 6.20. The number of anilines is 3. The number of hydrogen-bond acceptors (Lipinski definition) is 5. The largest absolute Gasteiger partial charge is 0.356 e. The number of halogens is 1. The van der Waals surface area contributed by atoms with Crippen LogP contribution in [0.2, 0.25) is 0 Å². The van der Waals surface area contributed by atoms with Crippen LogP contribution in [-0.4, -0.2) is 28.3 Å². The van der Waals surface area contributed by atoms with Crippen LogP contribution >= 0.6 is 15.9 Å². The molecule has 1 heterocycles. The molecule has 0 aliphatic rings. The fourth-order valence-corrected chi connectivity index (χ4v) is 1.97. The highest BCUT2D eigenvalue weighted by Crippen LogP contribution is 2.18. The van der Waals surface area contributed by atoms with E-state index in [2.05, 4.69) is 55.2 Å². The lowest BCUT2D eigenvalue weighted by atomic mass is 10.3. The van der Waals surface area contributed by atoms with Crippen molar-refractivity contribution in [3.8, 4) is 0 Å². The maximum Gasteiger partial charge on any atom is 0.249 e. The summed E-state index contributed by atoms with van der Waals surface area (Å²) in [5.41, 5.74) is 0.932. The third-order valence-corrected chi connectivity index (χ3v) is 3.26. The van der Waals surface area contributed by atoms with Crippen LogP contribution in [0.4, 0.5) is 17.5 Å². The van der Waals surface area contributed by atoms with Gasteiger partial charge in [-0.15, -0.1) is 5.10 Å². The van der Waals surface area contributed by atoms with Crippen molar-refractivity contribution >= 4 is 33.4 Å². The van der Waals surface area contributed by atoms with Gasteiger partial charge in [-0.1, -0.05) is 15.9 Å². The summed E-state index contributed by atoms with van der Waals surface area (Å²) >= 11 is 3.40. The Balaban J connectivity index is 2.17. The van der Waals surface area contributed by atoms with Crippen LogP contribution in [0.5, 0.6) is 0 Å². The molecule has 2 rings (SSSR count). The second-order valence-electron chi connectivity index (χ2n) is 3.94. The van der Waals surface area contributed by atoms with E-state index >= 15 is 0 Å². The Morgan fingerprint density at radius 3 is 2.47 bits per heavy atom. The summed E-state index contributed by atoms with van der Waals surface area (Å²) in [6.07, 6.45) is 1.68. The van der Waals surface area contributed by atoms with Gasteiger partial charge in [0, 0.05) is 23.2 Å². The molecule has 6 heteroatoms. The Labute approximate surface area is 121 Å². The molecule has 1 aromatic carbocycles. The van der Waals surface area contributed by atoms with Crippen molar-refractivity contribution in [3.05, 3.63) is 34.9 Å². The summed E-state index contributed by atoms with van der Waals surface area (Å²) < 4.78 is 1.04. The minimum atomic E-state index is 0.506. The summed E-state index contributed by atoms with van der Waals surface area (Å²) in [5, 5.41) is 11.1. The zero-order valence-corrected chi connectivity index (χ0v) is 12.6. The molecule has 1 aromatic heterocycles. The molecule has 0 spiro atoms. The lowest BCUT2D eigenvalue weighted by molar-refractivity contribution is 0.826. The third-order valence-electron chi connectivity index (χ3n) is 2.73. The van der Waals surface area contributed by atoms with Crippen LogP contribution in [0.25, 0.3) is 0 Å². The SMILES string of the molecule is CCN(CC)c1cnnc(Nc2ccc(Br)cc2)n1. The standard InChI is InChI=1S/C13H16BrN5/c1-3-19(4-2)12-9-15-18-13(17-12)16-11-7-5-10(14)6-8-11/h5-9H,3-4H2,1-2H3,(H,16,17,18). The van der Waals surface area contributed by atoms with E-state index in [-0.39, 0.29) is 0 Å². The molecule has 19 heavy (non-hydrogen) atoms. The summed E-state index contributed by atoms with van der Waals surface area (Å²) in [5.74, 6) is 1.34. The zero-order chi connectivity index (χ0) is 13.7. The molecule has 0 fully saturated rings. The molecule has 0 atom stereocenters. The van der Waals surface area contributed by atoms with Crippen LogP contribution in [0.15, 0.2) is 34.9 Å². The van der Waals surface area contributed by atoms with Gasteiger partial charge in [0.05, 0.1) is 6.20 Å². The highest BCUT2D eigenvalue weighted by atomic mass is 79.9. The highest BCUT2D eigenvalue weighted by molar-refractivity contribution is 9.10. The van der Waals surface area contributed by atoms with Gasteiger partial charge in [0.1, 0.15) is 0 Å². The van der Waals surface area contributed by atoms with Crippen molar-refractivity contribution in [2.75, 3.05) is 23.3 Å². The van der Waals surface area contributed by atoms with Gasteiger partial charge in [0.2, 0.25) is 5.95 Å². The smallest absolute Gasteiger partial charge is 0.249 e. The van der Waals surface area contributed by atoms with E-state index in [1.807, 2.05) is 24.3 Å². The highest BCUT2D eigenvalue weighted by Gasteiger charge is 2.06. The van der Waals surface area contributed by atoms with E-state index in [0.717, 1.165) is 29.1 Å². The molecule has 0 bridgehead atoms. The van der Waals surface area contributed by atoms with Gasteiger partial charge in [0.15, 0.2) is 5.82 Å². The van der Waals surface area contributed by atoms with Gasteiger partial charge < -0.3 is 10.2 Å². The normalized spacial score (nSPS) is 10.3. The first-order chi connectivity index (χ1) is 9.22. The second-order valence-corrected chi connectivity index (χ2v) is 4.86. The topological polar surface area (TPSA) is 53.9 Å². The Morgan fingerprint density at radius 2 is 1.84 bits per heavy atom. The average molecular weight is 322 g/mol. The lowest BCUT2D eigenvalue weighted by Crippen LogP contribution is -2.23. The number of rotatable bonds is 5. The molecule has 0 amide bonds. The summed E-state index contributed by atoms with van der Waals surface area (Å²) in [7, 11) is 0. The molecule has 0 aliphatic carbocycles. The first-order valence-corrected chi connectivity index (χ1v) is 6.99. The molecule has 100 valence electrons. The number of aromatic nitrogens is 3. The summed E-state index contributed by atoms with van der Waals surface area (Å²) in [4.78, 5) is 6.59. The fraction of sp³-hybridized carbons (Fsp3) is 0.308. The molecular formula is C13H16BrN5. The number of hydrogen-bond donors (Lipinski definition) is 1.